The van der Waals surface area contributed by atoms with Crippen LogP contribution in [0.25, 0.3) is 0 Å². The normalized spacial score (nSPS) is 11.8. The molecule has 20 heavy (non-hydrogen) atoms. The number of benzene rings is 2. The van der Waals surface area contributed by atoms with Gasteiger partial charge in [0.1, 0.15) is 11.5 Å². The van der Waals surface area contributed by atoms with Gasteiger partial charge in [0.05, 0.1) is 0 Å². The molecule has 1 unspecified atom stereocenters. The number of hydrogen-bond donors (Lipinski definition) is 2. The van der Waals surface area contributed by atoms with Crippen LogP contribution >= 0.6 is 0 Å². The molecule has 1 atom stereocenters. The van der Waals surface area contributed by atoms with Crippen LogP contribution in [0.2, 0.25) is 0 Å². The van der Waals surface area contributed by atoms with E-state index in [2.05, 4.69) is 0 Å². The van der Waals surface area contributed by atoms with Crippen LogP contribution in [0.15, 0.2) is 54.6 Å². The lowest BCUT2D eigenvalue weighted by Crippen LogP contribution is -2.19. The average Bonchev–Trinajstić information content (AvgIpc) is 2.47. The van der Waals surface area contributed by atoms with E-state index in [9.17, 15) is 9.90 Å². The van der Waals surface area contributed by atoms with Crippen molar-refractivity contribution in [1.82, 2.24) is 0 Å². The topological polar surface area (TPSA) is 66.8 Å². The Hall–Kier alpha value is -2.33. The fourth-order valence-corrected chi connectivity index (χ4v) is 1.78. The third kappa shape index (κ3) is 4.10. The molecule has 0 aliphatic rings. The maximum Gasteiger partial charge on any atom is 0.332 e. The van der Waals surface area contributed by atoms with Crippen LogP contribution in [-0.2, 0) is 11.2 Å². The van der Waals surface area contributed by atoms with Crippen LogP contribution in [0.4, 0.5) is 0 Å². The molecule has 2 rings (SSSR count). The molecule has 0 saturated heterocycles. The summed E-state index contributed by atoms with van der Waals surface area (Å²) in [7, 11) is 0. The fraction of sp³-hybridized carbons (Fsp3) is 0.188. The van der Waals surface area contributed by atoms with Crippen molar-refractivity contribution in [3.8, 4) is 11.5 Å². The van der Waals surface area contributed by atoms with Gasteiger partial charge >= 0.3 is 5.97 Å². The van der Waals surface area contributed by atoms with E-state index in [4.69, 9.17) is 9.84 Å². The van der Waals surface area contributed by atoms with Crippen molar-refractivity contribution in [2.45, 2.75) is 18.9 Å². The molecule has 0 heterocycles. The van der Waals surface area contributed by atoms with Gasteiger partial charge in [0.15, 0.2) is 6.10 Å². The Balaban J connectivity index is 1.91. The number of aliphatic carboxylic acids is 1. The first-order valence-electron chi connectivity index (χ1n) is 6.38. The molecule has 0 aliphatic carbocycles. The molecule has 4 nitrogen and oxygen atoms in total. The SMILES string of the molecule is O=C(O)C(O)CCc1ccc(Oc2ccccc2)cc1. The smallest absolute Gasteiger partial charge is 0.332 e. The molecule has 2 N–H and O–H groups in total. The number of aliphatic hydroxyl groups excluding tert-OH is 1. The second kappa shape index (κ2) is 6.73. The van der Waals surface area contributed by atoms with Crippen LogP contribution in [-0.4, -0.2) is 22.3 Å². The molecule has 0 spiro atoms. The average molecular weight is 272 g/mol. The van der Waals surface area contributed by atoms with Crippen molar-refractivity contribution >= 4 is 5.97 Å². The molecule has 0 aliphatic heterocycles. The highest BCUT2D eigenvalue weighted by Crippen LogP contribution is 2.21. The summed E-state index contributed by atoms with van der Waals surface area (Å²) < 4.78 is 5.65. The van der Waals surface area contributed by atoms with E-state index in [0.717, 1.165) is 17.1 Å². The lowest BCUT2D eigenvalue weighted by atomic mass is 10.1. The van der Waals surface area contributed by atoms with Crippen LogP contribution in [0.3, 0.4) is 0 Å². The zero-order valence-corrected chi connectivity index (χ0v) is 10.9. The maximum absolute atomic E-state index is 10.5. The quantitative estimate of drug-likeness (QED) is 0.848. The first kappa shape index (κ1) is 14.1. The predicted molar refractivity (Wildman–Crippen MR) is 74.9 cm³/mol. The van der Waals surface area contributed by atoms with Crippen molar-refractivity contribution in [2.24, 2.45) is 0 Å². The highest BCUT2D eigenvalue weighted by Gasteiger charge is 2.12. The van der Waals surface area contributed by atoms with Crippen LogP contribution < -0.4 is 4.74 Å². The predicted octanol–water partition coefficient (Wildman–Crippen LogP) is 2.86. The first-order chi connectivity index (χ1) is 9.65. The van der Waals surface area contributed by atoms with Gasteiger partial charge in [-0.1, -0.05) is 30.3 Å². The minimum absolute atomic E-state index is 0.203. The van der Waals surface area contributed by atoms with Crippen LogP contribution in [0.1, 0.15) is 12.0 Å². The molecular weight excluding hydrogens is 256 g/mol. The van der Waals surface area contributed by atoms with E-state index in [1.54, 1.807) is 0 Å². The van der Waals surface area contributed by atoms with E-state index < -0.39 is 12.1 Å². The second-order valence-corrected chi connectivity index (χ2v) is 4.45. The number of carboxylic acid groups (broad SMARTS) is 1. The standard InChI is InChI=1S/C16H16O4/c17-15(16(18)19)11-8-12-6-9-14(10-7-12)20-13-4-2-1-3-5-13/h1-7,9-10,15,17H,8,11H2,(H,18,19). The summed E-state index contributed by atoms with van der Waals surface area (Å²) in [6.45, 7) is 0. The molecule has 2 aromatic carbocycles. The number of para-hydroxylation sites is 1. The highest BCUT2D eigenvalue weighted by atomic mass is 16.5. The molecule has 0 amide bonds. The lowest BCUT2D eigenvalue weighted by molar-refractivity contribution is -0.146. The Bertz CT molecular complexity index is 548. The molecule has 0 radical (unpaired) electrons. The monoisotopic (exact) mass is 272 g/mol. The van der Waals surface area contributed by atoms with Gasteiger partial charge < -0.3 is 14.9 Å². The Morgan fingerprint density at radius 1 is 1.00 bits per heavy atom. The number of hydrogen-bond acceptors (Lipinski definition) is 3. The zero-order valence-electron chi connectivity index (χ0n) is 10.9. The van der Waals surface area contributed by atoms with Gasteiger partial charge in [0.25, 0.3) is 0 Å². The van der Waals surface area contributed by atoms with E-state index in [0.29, 0.717) is 6.42 Å². The number of aliphatic hydroxyl groups is 1. The lowest BCUT2D eigenvalue weighted by Gasteiger charge is -2.08. The fourth-order valence-electron chi connectivity index (χ4n) is 1.78. The summed E-state index contributed by atoms with van der Waals surface area (Å²) in [5, 5.41) is 17.8. The number of aryl methyl sites for hydroxylation is 1. The van der Waals surface area contributed by atoms with Gasteiger partial charge in [-0.25, -0.2) is 4.79 Å². The van der Waals surface area contributed by atoms with E-state index in [1.807, 2.05) is 54.6 Å². The van der Waals surface area contributed by atoms with Crippen molar-refractivity contribution < 1.29 is 19.7 Å². The van der Waals surface area contributed by atoms with Gasteiger partial charge in [-0.05, 0) is 42.7 Å². The van der Waals surface area contributed by atoms with Gasteiger partial charge in [0, 0.05) is 0 Å². The molecule has 0 aromatic heterocycles. The second-order valence-electron chi connectivity index (χ2n) is 4.45. The highest BCUT2D eigenvalue weighted by molar-refractivity contribution is 5.71. The van der Waals surface area contributed by atoms with Crippen molar-refractivity contribution in [1.29, 1.82) is 0 Å². The van der Waals surface area contributed by atoms with Gasteiger partial charge in [-0.15, -0.1) is 0 Å². The molecule has 2 aromatic rings. The van der Waals surface area contributed by atoms with Crippen molar-refractivity contribution in [2.75, 3.05) is 0 Å². The Morgan fingerprint density at radius 2 is 1.60 bits per heavy atom. The van der Waals surface area contributed by atoms with Crippen LogP contribution in [0.5, 0.6) is 11.5 Å². The zero-order chi connectivity index (χ0) is 14.4. The summed E-state index contributed by atoms with van der Waals surface area (Å²) in [4.78, 5) is 10.5. The van der Waals surface area contributed by atoms with Gasteiger partial charge in [-0.3, -0.25) is 0 Å². The summed E-state index contributed by atoms with van der Waals surface area (Å²) in [6.07, 6.45) is -0.594. The minimum atomic E-state index is -1.31. The number of rotatable bonds is 6. The molecule has 4 heteroatoms. The number of ether oxygens (including phenoxy) is 1. The Labute approximate surface area is 117 Å². The van der Waals surface area contributed by atoms with E-state index in [-0.39, 0.29) is 6.42 Å². The molecule has 104 valence electrons. The number of carboxylic acids is 1. The number of carbonyl (C=O) groups is 1. The van der Waals surface area contributed by atoms with Gasteiger partial charge in [0.2, 0.25) is 0 Å². The molecule has 0 bridgehead atoms. The maximum atomic E-state index is 10.5. The van der Waals surface area contributed by atoms with E-state index >= 15 is 0 Å². The molecule has 0 fully saturated rings. The summed E-state index contributed by atoms with van der Waals surface area (Å²) in [5.41, 5.74) is 0.964. The van der Waals surface area contributed by atoms with Crippen molar-refractivity contribution in [3.05, 3.63) is 60.2 Å². The van der Waals surface area contributed by atoms with Gasteiger partial charge in [-0.2, -0.15) is 0 Å². The Morgan fingerprint density at radius 3 is 2.20 bits per heavy atom. The largest absolute Gasteiger partial charge is 0.479 e. The van der Waals surface area contributed by atoms with Crippen molar-refractivity contribution in [3.63, 3.8) is 0 Å². The summed E-state index contributed by atoms with van der Waals surface area (Å²) in [6, 6.07) is 16.9. The molecule has 0 saturated carbocycles. The summed E-state index contributed by atoms with van der Waals surface area (Å²) >= 11 is 0. The molecular formula is C16H16O4. The summed E-state index contributed by atoms with van der Waals surface area (Å²) in [5.74, 6) is 0.300. The third-order valence-corrected chi connectivity index (χ3v) is 2.89. The van der Waals surface area contributed by atoms with Crippen LogP contribution in [0, 0.1) is 0 Å². The first-order valence-corrected chi connectivity index (χ1v) is 6.38. The minimum Gasteiger partial charge on any atom is -0.479 e. The van der Waals surface area contributed by atoms with E-state index in [1.165, 1.54) is 0 Å². The Kier molecular flexibility index (Phi) is 4.74. The third-order valence-electron chi connectivity index (χ3n) is 2.89.